The second-order valence-electron chi connectivity index (χ2n) is 6.13. The minimum Gasteiger partial charge on any atom is -0.396 e. The van der Waals surface area contributed by atoms with E-state index < -0.39 is 0 Å². The van der Waals surface area contributed by atoms with Crippen LogP contribution < -0.4 is 5.32 Å². The molecule has 0 aliphatic rings. The van der Waals surface area contributed by atoms with Crippen molar-refractivity contribution in [2.75, 3.05) is 26.4 Å². The number of hydrogen-bond acceptors (Lipinski definition) is 3. The molecule has 0 aromatic carbocycles. The molecular weight excluding hydrogens is 288 g/mol. The lowest BCUT2D eigenvalue weighted by Crippen LogP contribution is -2.37. The van der Waals surface area contributed by atoms with Crippen molar-refractivity contribution in [3.8, 4) is 0 Å². The number of rotatable bonds is 16. The summed E-state index contributed by atoms with van der Waals surface area (Å²) in [6.45, 7) is 7.29. The molecule has 4 nitrogen and oxygen atoms in total. The van der Waals surface area contributed by atoms with Gasteiger partial charge in [-0.05, 0) is 32.4 Å². The predicted octanol–water partition coefficient (Wildman–Crippen LogP) is 3.85. The number of aliphatic hydroxyl groups excluding tert-OH is 1. The Hall–Kier alpha value is -0.870. The molecule has 23 heavy (non-hydrogen) atoms. The summed E-state index contributed by atoms with van der Waals surface area (Å²) in [7, 11) is 0. The predicted molar refractivity (Wildman–Crippen MR) is 98.3 cm³/mol. The van der Waals surface area contributed by atoms with Gasteiger partial charge in [-0.2, -0.15) is 0 Å². The van der Waals surface area contributed by atoms with Gasteiger partial charge in [-0.1, -0.05) is 64.5 Å². The van der Waals surface area contributed by atoms with Gasteiger partial charge in [0.25, 0.3) is 0 Å². The van der Waals surface area contributed by atoms with Gasteiger partial charge in [-0.15, -0.1) is 0 Å². The molecule has 0 heterocycles. The minimum absolute atomic E-state index is 0.111. The zero-order valence-electron chi connectivity index (χ0n) is 15.4. The normalized spacial score (nSPS) is 11.5. The zero-order valence-corrected chi connectivity index (χ0v) is 15.4. The lowest BCUT2D eigenvalue weighted by Gasteiger charge is -2.20. The number of carbonyl (C=O) groups is 1. The highest BCUT2D eigenvalue weighted by molar-refractivity contribution is 5.77. The first-order chi connectivity index (χ1) is 11.2. The number of nitrogens with one attached hydrogen (secondary N) is 1. The van der Waals surface area contributed by atoms with Crippen LogP contribution >= 0.6 is 0 Å². The molecule has 0 fully saturated rings. The SMILES string of the molecule is CCC/C=C/CC(=O)NCN(CC)CCCCCCCCCO. The van der Waals surface area contributed by atoms with Crippen molar-refractivity contribution in [2.24, 2.45) is 0 Å². The first kappa shape index (κ1) is 22.1. The summed E-state index contributed by atoms with van der Waals surface area (Å²) in [5.41, 5.74) is 0. The highest BCUT2D eigenvalue weighted by Crippen LogP contribution is 2.07. The second kappa shape index (κ2) is 17.5. The van der Waals surface area contributed by atoms with Crippen LogP contribution in [-0.4, -0.2) is 42.3 Å². The molecule has 0 unspecified atom stereocenters. The van der Waals surface area contributed by atoms with Gasteiger partial charge in [0.05, 0.1) is 6.67 Å². The van der Waals surface area contributed by atoms with Gasteiger partial charge in [-0.25, -0.2) is 0 Å². The molecule has 0 atom stereocenters. The molecular formula is C19H38N2O2. The van der Waals surface area contributed by atoms with E-state index in [9.17, 15) is 4.79 Å². The fourth-order valence-electron chi connectivity index (χ4n) is 2.43. The van der Waals surface area contributed by atoms with Gasteiger partial charge in [-0.3, -0.25) is 9.69 Å². The Balaban J connectivity index is 3.56. The summed E-state index contributed by atoms with van der Waals surface area (Å²) in [6, 6.07) is 0. The van der Waals surface area contributed by atoms with Crippen molar-refractivity contribution in [2.45, 2.75) is 78.1 Å². The average Bonchev–Trinajstić information content (AvgIpc) is 2.56. The molecule has 0 spiro atoms. The smallest absolute Gasteiger partial charge is 0.224 e. The molecule has 0 aromatic rings. The summed E-state index contributed by atoms with van der Waals surface area (Å²) in [4.78, 5) is 14.0. The molecule has 1 amide bonds. The molecule has 4 heteroatoms. The first-order valence-electron chi connectivity index (χ1n) is 9.49. The Morgan fingerprint density at radius 2 is 1.65 bits per heavy atom. The van der Waals surface area contributed by atoms with Crippen LogP contribution in [0.4, 0.5) is 0 Å². The largest absolute Gasteiger partial charge is 0.396 e. The number of unbranched alkanes of at least 4 members (excludes halogenated alkanes) is 7. The summed E-state index contributed by atoms with van der Waals surface area (Å²) in [5, 5.41) is 11.7. The summed E-state index contributed by atoms with van der Waals surface area (Å²) in [5.74, 6) is 0.111. The van der Waals surface area contributed by atoms with Gasteiger partial charge < -0.3 is 10.4 Å². The Labute approximate surface area is 143 Å². The Kier molecular flexibility index (Phi) is 16.8. The quantitative estimate of drug-likeness (QED) is 0.257. The monoisotopic (exact) mass is 326 g/mol. The van der Waals surface area contributed by atoms with E-state index in [0.717, 1.165) is 38.8 Å². The van der Waals surface area contributed by atoms with Crippen LogP contribution in [0.25, 0.3) is 0 Å². The van der Waals surface area contributed by atoms with E-state index in [1.165, 1.54) is 32.1 Å². The van der Waals surface area contributed by atoms with E-state index in [1.54, 1.807) is 0 Å². The molecule has 0 radical (unpaired) electrons. The van der Waals surface area contributed by atoms with Crippen molar-refractivity contribution >= 4 is 5.91 Å². The van der Waals surface area contributed by atoms with E-state index in [0.29, 0.717) is 19.7 Å². The fourth-order valence-corrected chi connectivity index (χ4v) is 2.43. The van der Waals surface area contributed by atoms with Crippen LogP contribution in [0, 0.1) is 0 Å². The zero-order chi connectivity index (χ0) is 17.2. The average molecular weight is 327 g/mol. The van der Waals surface area contributed by atoms with Gasteiger partial charge >= 0.3 is 0 Å². The van der Waals surface area contributed by atoms with Crippen LogP contribution in [0.5, 0.6) is 0 Å². The third-order valence-corrected chi connectivity index (χ3v) is 4.00. The van der Waals surface area contributed by atoms with Crippen molar-refractivity contribution in [1.29, 1.82) is 0 Å². The van der Waals surface area contributed by atoms with E-state index in [1.807, 2.05) is 6.08 Å². The maximum absolute atomic E-state index is 11.7. The molecule has 0 aliphatic heterocycles. The number of hydrogen-bond donors (Lipinski definition) is 2. The van der Waals surface area contributed by atoms with Crippen LogP contribution in [0.2, 0.25) is 0 Å². The van der Waals surface area contributed by atoms with Crippen LogP contribution in [0.15, 0.2) is 12.2 Å². The van der Waals surface area contributed by atoms with Gasteiger partial charge in [0, 0.05) is 13.0 Å². The molecule has 0 saturated carbocycles. The Morgan fingerprint density at radius 3 is 2.26 bits per heavy atom. The summed E-state index contributed by atoms with van der Waals surface area (Å²) < 4.78 is 0. The van der Waals surface area contributed by atoms with Crippen molar-refractivity contribution in [3.63, 3.8) is 0 Å². The highest BCUT2D eigenvalue weighted by atomic mass is 16.2. The number of nitrogens with zero attached hydrogens (tertiary/aromatic N) is 1. The Morgan fingerprint density at radius 1 is 1.00 bits per heavy atom. The molecule has 0 bridgehead atoms. The topological polar surface area (TPSA) is 52.6 Å². The van der Waals surface area contributed by atoms with Gasteiger partial charge in [0.2, 0.25) is 5.91 Å². The lowest BCUT2D eigenvalue weighted by molar-refractivity contribution is -0.120. The molecule has 0 rings (SSSR count). The number of aliphatic hydroxyl groups is 1. The van der Waals surface area contributed by atoms with E-state index in [2.05, 4.69) is 30.1 Å². The lowest BCUT2D eigenvalue weighted by atomic mass is 10.1. The van der Waals surface area contributed by atoms with Crippen molar-refractivity contribution < 1.29 is 9.90 Å². The summed E-state index contributed by atoms with van der Waals surface area (Å²) in [6.07, 6.45) is 15.0. The van der Waals surface area contributed by atoms with E-state index in [4.69, 9.17) is 5.11 Å². The molecule has 0 aliphatic carbocycles. The molecule has 0 saturated heterocycles. The maximum Gasteiger partial charge on any atom is 0.224 e. The van der Waals surface area contributed by atoms with Gasteiger partial charge in [0.1, 0.15) is 0 Å². The third kappa shape index (κ3) is 15.8. The maximum atomic E-state index is 11.7. The van der Waals surface area contributed by atoms with Crippen LogP contribution in [-0.2, 0) is 4.79 Å². The van der Waals surface area contributed by atoms with E-state index >= 15 is 0 Å². The number of amides is 1. The third-order valence-electron chi connectivity index (χ3n) is 4.00. The summed E-state index contributed by atoms with van der Waals surface area (Å²) >= 11 is 0. The second-order valence-corrected chi connectivity index (χ2v) is 6.13. The minimum atomic E-state index is 0.111. The standard InChI is InChI=1S/C19H38N2O2/c1-3-5-6-12-15-19(23)20-18-21(4-2)16-13-10-8-7-9-11-14-17-22/h6,12,22H,3-5,7-11,13-18H2,1-2H3,(H,20,23)/b12-6+. The molecule has 2 N–H and O–H groups in total. The first-order valence-corrected chi connectivity index (χ1v) is 9.49. The highest BCUT2D eigenvalue weighted by Gasteiger charge is 2.04. The Bertz CT molecular complexity index is 293. The number of allylic oxidation sites excluding steroid dienone is 1. The van der Waals surface area contributed by atoms with Crippen molar-refractivity contribution in [1.82, 2.24) is 10.2 Å². The fraction of sp³-hybridized carbons (Fsp3) is 0.842. The van der Waals surface area contributed by atoms with Crippen LogP contribution in [0.3, 0.4) is 0 Å². The number of carbonyl (C=O) groups excluding carboxylic acids is 1. The van der Waals surface area contributed by atoms with Crippen molar-refractivity contribution in [3.05, 3.63) is 12.2 Å². The molecule has 136 valence electrons. The van der Waals surface area contributed by atoms with E-state index in [-0.39, 0.29) is 5.91 Å². The molecule has 0 aromatic heterocycles. The van der Waals surface area contributed by atoms with Gasteiger partial charge in [0.15, 0.2) is 0 Å². The van der Waals surface area contributed by atoms with Crippen LogP contribution in [0.1, 0.15) is 78.1 Å².